The lowest BCUT2D eigenvalue weighted by atomic mass is 9.98. The van der Waals surface area contributed by atoms with Gasteiger partial charge in [0.15, 0.2) is 5.92 Å². The molecule has 0 radical (unpaired) electrons. The van der Waals surface area contributed by atoms with Crippen LogP contribution in [0.3, 0.4) is 0 Å². The molecule has 0 spiro atoms. The molecule has 3 N–H and O–H groups in total. The molecule has 0 amide bonds. The number of aliphatic carboxylic acids is 1. The smallest absolute Gasteiger partial charge is 0.325 e. The average Bonchev–Trinajstić information content (AvgIpc) is 2.35. The Balaban J connectivity index is 3.18. The molecular formula is C13H15BrClNO4. The predicted octanol–water partition coefficient (Wildman–Crippen LogP) is 3.19. The number of benzene rings is 1. The molecule has 0 aliphatic carbocycles. The maximum absolute atomic E-state index is 12.0. The number of nitrogen functional groups attached to an aromatic ring is 1. The number of carboxylic acid groups (broad SMARTS) is 1. The van der Waals surface area contributed by atoms with Crippen LogP contribution in [0.25, 0.3) is 0 Å². The molecule has 0 aliphatic rings. The van der Waals surface area contributed by atoms with Crippen molar-refractivity contribution in [1.82, 2.24) is 0 Å². The monoisotopic (exact) mass is 363 g/mol. The minimum atomic E-state index is -1.49. The Hall–Kier alpha value is -1.27. The number of ether oxygens (including phenoxy) is 1. The fourth-order valence-corrected chi connectivity index (χ4v) is 2.26. The molecule has 110 valence electrons. The minimum Gasteiger partial charge on any atom is -0.480 e. The minimum absolute atomic E-state index is 0.119. The highest BCUT2D eigenvalue weighted by atomic mass is 79.9. The first kappa shape index (κ1) is 16.8. The van der Waals surface area contributed by atoms with Gasteiger partial charge in [-0.1, -0.05) is 18.5 Å². The lowest BCUT2D eigenvalue weighted by molar-refractivity contribution is -0.157. The average molecular weight is 365 g/mol. The third-order valence-corrected chi connectivity index (χ3v) is 3.82. The number of rotatable bonds is 5. The molecule has 1 aromatic rings. The third-order valence-electron chi connectivity index (χ3n) is 2.80. The van der Waals surface area contributed by atoms with Crippen molar-refractivity contribution in [2.45, 2.75) is 32.3 Å². The highest BCUT2D eigenvalue weighted by Gasteiger charge is 2.33. The zero-order chi connectivity index (χ0) is 15.4. The first-order valence-electron chi connectivity index (χ1n) is 5.95. The predicted molar refractivity (Wildman–Crippen MR) is 79.8 cm³/mol. The Morgan fingerprint density at radius 3 is 2.60 bits per heavy atom. The molecule has 2 atom stereocenters. The summed E-state index contributed by atoms with van der Waals surface area (Å²) in [7, 11) is 0. The van der Waals surface area contributed by atoms with Crippen LogP contribution in [0.1, 0.15) is 31.7 Å². The molecule has 20 heavy (non-hydrogen) atoms. The van der Waals surface area contributed by atoms with Crippen LogP contribution in [0.2, 0.25) is 5.02 Å². The van der Waals surface area contributed by atoms with E-state index in [1.165, 1.54) is 12.1 Å². The van der Waals surface area contributed by atoms with Crippen LogP contribution in [-0.2, 0) is 14.3 Å². The second-order valence-electron chi connectivity index (χ2n) is 4.32. The maximum Gasteiger partial charge on any atom is 0.325 e. The van der Waals surface area contributed by atoms with Crippen molar-refractivity contribution < 1.29 is 19.4 Å². The summed E-state index contributed by atoms with van der Waals surface area (Å²) >= 11 is 9.18. The van der Waals surface area contributed by atoms with E-state index in [-0.39, 0.29) is 16.7 Å². The summed E-state index contributed by atoms with van der Waals surface area (Å²) in [6, 6.07) is 2.82. The summed E-state index contributed by atoms with van der Waals surface area (Å²) in [4.78, 5) is 23.3. The molecule has 0 aliphatic heterocycles. The molecule has 2 unspecified atom stereocenters. The van der Waals surface area contributed by atoms with Crippen molar-refractivity contribution >= 4 is 45.2 Å². The van der Waals surface area contributed by atoms with E-state index in [1.54, 1.807) is 6.92 Å². The molecule has 0 saturated heterocycles. The number of carboxylic acids is 1. The highest BCUT2D eigenvalue weighted by molar-refractivity contribution is 9.10. The van der Waals surface area contributed by atoms with E-state index in [0.717, 1.165) is 0 Å². The summed E-state index contributed by atoms with van der Waals surface area (Å²) in [6.07, 6.45) is 0.227. The van der Waals surface area contributed by atoms with Crippen LogP contribution in [0.15, 0.2) is 16.6 Å². The fourth-order valence-electron chi connectivity index (χ4n) is 1.52. The Morgan fingerprint density at radius 2 is 2.10 bits per heavy atom. The molecule has 1 aromatic carbocycles. The number of carbonyl (C=O) groups excluding carboxylic acids is 1. The first-order chi connectivity index (χ1) is 9.27. The Morgan fingerprint density at radius 1 is 1.50 bits per heavy atom. The van der Waals surface area contributed by atoms with E-state index in [9.17, 15) is 14.7 Å². The molecule has 0 aromatic heterocycles. The van der Waals surface area contributed by atoms with Crippen molar-refractivity contribution in [2.24, 2.45) is 0 Å². The number of hydrogen-bond acceptors (Lipinski definition) is 4. The molecular weight excluding hydrogens is 350 g/mol. The van der Waals surface area contributed by atoms with Gasteiger partial charge >= 0.3 is 11.9 Å². The van der Waals surface area contributed by atoms with Crippen molar-refractivity contribution in [2.75, 3.05) is 5.73 Å². The first-order valence-corrected chi connectivity index (χ1v) is 7.12. The van der Waals surface area contributed by atoms with Crippen molar-refractivity contribution in [1.29, 1.82) is 0 Å². The standard InChI is InChI=1S/C13H15BrClNO4/c1-3-6(2)20-13(19)11(12(17)18)7-4-10(16)8(14)5-9(7)15/h4-6,11H,3,16H2,1-2H3,(H,17,18). The van der Waals surface area contributed by atoms with Gasteiger partial charge in [-0.25, -0.2) is 0 Å². The van der Waals surface area contributed by atoms with Crippen LogP contribution in [0, 0.1) is 0 Å². The van der Waals surface area contributed by atoms with Crippen LogP contribution in [0.4, 0.5) is 5.69 Å². The molecule has 5 nitrogen and oxygen atoms in total. The van der Waals surface area contributed by atoms with Gasteiger partial charge in [0.05, 0.1) is 6.10 Å². The number of carbonyl (C=O) groups is 2. The van der Waals surface area contributed by atoms with Gasteiger partial charge in [0.1, 0.15) is 0 Å². The van der Waals surface area contributed by atoms with E-state index in [2.05, 4.69) is 15.9 Å². The zero-order valence-electron chi connectivity index (χ0n) is 11.0. The van der Waals surface area contributed by atoms with E-state index in [4.69, 9.17) is 22.1 Å². The highest BCUT2D eigenvalue weighted by Crippen LogP contribution is 2.33. The topological polar surface area (TPSA) is 89.6 Å². The molecule has 0 bridgehead atoms. The zero-order valence-corrected chi connectivity index (χ0v) is 13.4. The van der Waals surface area contributed by atoms with Crippen molar-refractivity contribution in [3.63, 3.8) is 0 Å². The summed E-state index contributed by atoms with van der Waals surface area (Å²) in [5.74, 6) is -3.68. The fraction of sp³-hybridized carbons (Fsp3) is 0.385. The summed E-state index contributed by atoms with van der Waals surface area (Å²) in [5.41, 5.74) is 6.12. The number of esters is 1. The number of anilines is 1. The van der Waals surface area contributed by atoms with Gasteiger partial charge in [-0.2, -0.15) is 0 Å². The molecule has 7 heteroatoms. The number of nitrogens with two attached hydrogens (primary N) is 1. The van der Waals surface area contributed by atoms with Crippen LogP contribution in [0.5, 0.6) is 0 Å². The summed E-state index contributed by atoms with van der Waals surface area (Å²) < 4.78 is 5.60. The van der Waals surface area contributed by atoms with E-state index >= 15 is 0 Å². The molecule has 0 fully saturated rings. The second-order valence-corrected chi connectivity index (χ2v) is 5.58. The third kappa shape index (κ3) is 3.86. The lowest BCUT2D eigenvalue weighted by Gasteiger charge is -2.17. The molecule has 0 heterocycles. The maximum atomic E-state index is 12.0. The van der Waals surface area contributed by atoms with Gasteiger partial charge < -0.3 is 15.6 Å². The SMILES string of the molecule is CCC(C)OC(=O)C(C(=O)O)c1cc(N)c(Br)cc1Cl. The van der Waals surface area contributed by atoms with E-state index in [1.807, 2.05) is 6.92 Å². The van der Waals surface area contributed by atoms with Crippen LogP contribution >= 0.6 is 27.5 Å². The van der Waals surface area contributed by atoms with Gasteiger partial charge in [0.25, 0.3) is 0 Å². The van der Waals surface area contributed by atoms with Gasteiger partial charge in [0.2, 0.25) is 0 Å². The van der Waals surface area contributed by atoms with Gasteiger partial charge in [-0.15, -0.1) is 0 Å². The molecule has 1 rings (SSSR count). The Labute approximate surface area is 130 Å². The van der Waals surface area contributed by atoms with E-state index < -0.39 is 17.9 Å². The number of hydrogen-bond donors (Lipinski definition) is 2. The Kier molecular flexibility index (Phi) is 5.83. The van der Waals surface area contributed by atoms with Crippen LogP contribution < -0.4 is 5.73 Å². The second kappa shape index (κ2) is 6.95. The summed E-state index contributed by atoms with van der Waals surface area (Å²) in [5, 5.41) is 9.39. The number of halogens is 2. The quantitative estimate of drug-likeness (QED) is 0.476. The van der Waals surface area contributed by atoms with E-state index in [0.29, 0.717) is 16.6 Å². The van der Waals surface area contributed by atoms with Crippen molar-refractivity contribution in [3.8, 4) is 0 Å². The van der Waals surface area contributed by atoms with Crippen LogP contribution in [-0.4, -0.2) is 23.1 Å². The Bertz CT molecular complexity index is 535. The molecule has 0 saturated carbocycles. The van der Waals surface area contributed by atoms with Gasteiger partial charge in [-0.3, -0.25) is 9.59 Å². The van der Waals surface area contributed by atoms with Gasteiger partial charge in [0, 0.05) is 15.2 Å². The van der Waals surface area contributed by atoms with Crippen molar-refractivity contribution in [3.05, 3.63) is 27.2 Å². The normalized spacial score (nSPS) is 13.6. The van der Waals surface area contributed by atoms with Gasteiger partial charge in [-0.05, 0) is 47.0 Å². The largest absolute Gasteiger partial charge is 0.480 e. The lowest BCUT2D eigenvalue weighted by Crippen LogP contribution is -2.27. The summed E-state index contributed by atoms with van der Waals surface area (Å²) in [6.45, 7) is 3.52.